The van der Waals surface area contributed by atoms with Gasteiger partial charge >= 0.3 is 0 Å². The molecule has 6 nitrogen and oxygen atoms in total. The third-order valence-electron chi connectivity index (χ3n) is 4.35. The molecule has 4 rings (SSSR count). The monoisotopic (exact) mass is 371 g/mol. The van der Waals surface area contributed by atoms with Crippen LogP contribution in [0.25, 0.3) is 21.5 Å². The average molecular weight is 371 g/mol. The van der Waals surface area contributed by atoms with E-state index in [0.29, 0.717) is 0 Å². The van der Waals surface area contributed by atoms with Crippen LogP contribution in [0.5, 0.6) is 0 Å². The van der Waals surface area contributed by atoms with E-state index in [0.717, 1.165) is 27.1 Å². The van der Waals surface area contributed by atoms with Gasteiger partial charge in [0.15, 0.2) is 5.76 Å². The van der Waals surface area contributed by atoms with E-state index in [1.165, 1.54) is 12.3 Å². The summed E-state index contributed by atoms with van der Waals surface area (Å²) in [6.07, 6.45) is 3.03. The fraction of sp³-hybridized carbons (Fsp3) is 0.0455. The van der Waals surface area contributed by atoms with Crippen molar-refractivity contribution in [3.63, 3.8) is 0 Å². The van der Waals surface area contributed by atoms with E-state index in [2.05, 4.69) is 21.9 Å². The van der Waals surface area contributed by atoms with Crippen LogP contribution in [-0.4, -0.2) is 24.6 Å². The first-order valence-electron chi connectivity index (χ1n) is 8.76. The number of amides is 2. The van der Waals surface area contributed by atoms with Crippen molar-refractivity contribution in [1.29, 1.82) is 0 Å². The summed E-state index contributed by atoms with van der Waals surface area (Å²) < 4.78 is 4.97. The first-order valence-corrected chi connectivity index (χ1v) is 8.76. The standard InChI is InChI=1S/C22H17N3O3/c26-21(14-23-22(27)20-10-5-11-28-20)25-24-13-19-17-8-3-1-6-15(17)12-16-7-2-4-9-18(16)19/h1-13H,14H2,(H,23,27)(H,25,26)/b24-13-. The number of fused-ring (bicyclic) bond motifs is 2. The highest BCUT2D eigenvalue weighted by atomic mass is 16.3. The van der Waals surface area contributed by atoms with Crippen LogP contribution in [0.4, 0.5) is 0 Å². The lowest BCUT2D eigenvalue weighted by molar-refractivity contribution is -0.120. The van der Waals surface area contributed by atoms with E-state index in [1.54, 1.807) is 12.3 Å². The highest BCUT2D eigenvalue weighted by molar-refractivity contribution is 6.13. The van der Waals surface area contributed by atoms with Gasteiger partial charge in [-0.15, -0.1) is 0 Å². The number of carbonyl (C=O) groups excluding carboxylic acids is 2. The van der Waals surface area contributed by atoms with E-state index in [-0.39, 0.29) is 12.3 Å². The van der Waals surface area contributed by atoms with Crippen LogP contribution in [0.15, 0.2) is 82.5 Å². The van der Waals surface area contributed by atoms with Crippen molar-refractivity contribution in [2.45, 2.75) is 0 Å². The second-order valence-corrected chi connectivity index (χ2v) is 6.19. The van der Waals surface area contributed by atoms with Gasteiger partial charge < -0.3 is 9.73 Å². The summed E-state index contributed by atoms with van der Waals surface area (Å²) in [5.74, 6) is -0.733. The predicted octanol–water partition coefficient (Wildman–Crippen LogP) is 3.47. The Morgan fingerprint density at radius 3 is 2.25 bits per heavy atom. The Bertz CT molecular complexity index is 1130. The maximum atomic E-state index is 12.0. The molecule has 0 atom stereocenters. The second kappa shape index (κ2) is 7.75. The van der Waals surface area contributed by atoms with Crippen LogP contribution in [-0.2, 0) is 4.79 Å². The largest absolute Gasteiger partial charge is 0.459 e. The summed E-state index contributed by atoms with van der Waals surface area (Å²) in [5.41, 5.74) is 3.37. The second-order valence-electron chi connectivity index (χ2n) is 6.19. The molecule has 28 heavy (non-hydrogen) atoms. The molecular weight excluding hydrogens is 354 g/mol. The SMILES string of the molecule is O=C(CNC(=O)c1ccco1)N/N=C\c1c2ccccc2cc2ccccc12. The number of furan rings is 1. The number of hydrazone groups is 1. The highest BCUT2D eigenvalue weighted by Gasteiger charge is 2.10. The van der Waals surface area contributed by atoms with E-state index < -0.39 is 11.8 Å². The van der Waals surface area contributed by atoms with Crippen molar-refractivity contribution in [1.82, 2.24) is 10.7 Å². The molecule has 0 saturated carbocycles. The zero-order chi connectivity index (χ0) is 19.3. The van der Waals surface area contributed by atoms with Gasteiger partial charge in [0.05, 0.1) is 19.0 Å². The van der Waals surface area contributed by atoms with Gasteiger partial charge in [-0.2, -0.15) is 5.10 Å². The van der Waals surface area contributed by atoms with Crippen LogP contribution in [0, 0.1) is 0 Å². The maximum absolute atomic E-state index is 12.0. The molecule has 0 spiro atoms. The van der Waals surface area contributed by atoms with Gasteiger partial charge in [-0.3, -0.25) is 9.59 Å². The van der Waals surface area contributed by atoms with Gasteiger partial charge in [0, 0.05) is 5.56 Å². The van der Waals surface area contributed by atoms with Gasteiger partial charge in [-0.25, -0.2) is 5.43 Å². The average Bonchev–Trinajstić information content (AvgIpc) is 3.26. The van der Waals surface area contributed by atoms with Crippen molar-refractivity contribution in [3.8, 4) is 0 Å². The topological polar surface area (TPSA) is 83.7 Å². The van der Waals surface area contributed by atoms with E-state index in [4.69, 9.17) is 4.42 Å². The molecule has 6 heteroatoms. The Labute approximate surface area is 160 Å². The third kappa shape index (κ3) is 3.61. The fourth-order valence-electron chi connectivity index (χ4n) is 3.05. The van der Waals surface area contributed by atoms with Crippen molar-refractivity contribution in [2.75, 3.05) is 6.54 Å². The van der Waals surface area contributed by atoms with Crippen LogP contribution in [0.1, 0.15) is 16.1 Å². The molecule has 0 fully saturated rings. The molecule has 1 aromatic heterocycles. The minimum atomic E-state index is -0.454. The molecule has 0 aliphatic heterocycles. The van der Waals surface area contributed by atoms with E-state index in [1.807, 2.05) is 48.5 Å². The molecule has 4 aromatic rings. The van der Waals surface area contributed by atoms with Crippen LogP contribution >= 0.6 is 0 Å². The van der Waals surface area contributed by atoms with Crippen LogP contribution in [0.3, 0.4) is 0 Å². The molecule has 0 aliphatic carbocycles. The quantitative estimate of drug-likeness (QED) is 0.320. The number of nitrogens with zero attached hydrogens (tertiary/aromatic N) is 1. The van der Waals surface area contributed by atoms with Gasteiger partial charge in [0.2, 0.25) is 0 Å². The lowest BCUT2D eigenvalue weighted by Gasteiger charge is -2.08. The molecule has 2 amide bonds. The lowest BCUT2D eigenvalue weighted by atomic mass is 9.97. The van der Waals surface area contributed by atoms with Gasteiger partial charge in [0.25, 0.3) is 11.8 Å². The molecule has 1 heterocycles. The van der Waals surface area contributed by atoms with E-state index >= 15 is 0 Å². The summed E-state index contributed by atoms with van der Waals surface area (Å²) in [5, 5.41) is 10.8. The molecule has 0 aliphatic rings. The Kier molecular flexibility index (Phi) is 4.84. The first kappa shape index (κ1) is 17.5. The minimum Gasteiger partial charge on any atom is -0.459 e. The first-order chi connectivity index (χ1) is 13.7. The summed E-state index contributed by atoms with van der Waals surface area (Å²) in [6, 6.07) is 21.3. The Hall–Kier alpha value is -3.93. The Balaban J connectivity index is 1.50. The van der Waals surface area contributed by atoms with E-state index in [9.17, 15) is 9.59 Å². The molecule has 0 unspecified atom stereocenters. The van der Waals surface area contributed by atoms with Crippen molar-refractivity contribution < 1.29 is 14.0 Å². The molecule has 3 aromatic carbocycles. The maximum Gasteiger partial charge on any atom is 0.287 e. The molecule has 2 N–H and O–H groups in total. The zero-order valence-corrected chi connectivity index (χ0v) is 14.9. The lowest BCUT2D eigenvalue weighted by Crippen LogP contribution is -2.34. The van der Waals surface area contributed by atoms with Gasteiger partial charge in [-0.05, 0) is 39.7 Å². The van der Waals surface area contributed by atoms with Crippen LogP contribution < -0.4 is 10.7 Å². The summed E-state index contributed by atoms with van der Waals surface area (Å²) in [7, 11) is 0. The normalized spacial score (nSPS) is 11.1. The Morgan fingerprint density at radius 1 is 0.929 bits per heavy atom. The van der Waals surface area contributed by atoms with Gasteiger partial charge in [0.1, 0.15) is 0 Å². The molecule has 0 radical (unpaired) electrons. The predicted molar refractivity (Wildman–Crippen MR) is 108 cm³/mol. The number of hydrogen-bond acceptors (Lipinski definition) is 4. The Morgan fingerprint density at radius 2 is 1.61 bits per heavy atom. The number of carbonyl (C=O) groups is 2. The van der Waals surface area contributed by atoms with Crippen molar-refractivity contribution >= 4 is 39.6 Å². The molecular formula is C22H17N3O3. The molecule has 0 bridgehead atoms. The zero-order valence-electron chi connectivity index (χ0n) is 14.9. The number of benzene rings is 3. The summed E-state index contributed by atoms with van der Waals surface area (Å²) in [4.78, 5) is 23.7. The fourth-order valence-corrected chi connectivity index (χ4v) is 3.05. The van der Waals surface area contributed by atoms with Crippen molar-refractivity contribution in [2.24, 2.45) is 5.10 Å². The number of nitrogens with one attached hydrogen (secondary N) is 2. The summed E-state index contributed by atoms with van der Waals surface area (Å²) >= 11 is 0. The molecule has 138 valence electrons. The molecule has 0 saturated heterocycles. The van der Waals surface area contributed by atoms with Gasteiger partial charge in [-0.1, -0.05) is 48.5 Å². The summed E-state index contributed by atoms with van der Waals surface area (Å²) in [6.45, 7) is -0.201. The van der Waals surface area contributed by atoms with Crippen molar-refractivity contribution in [3.05, 3.63) is 84.3 Å². The number of hydrogen-bond donors (Lipinski definition) is 2. The smallest absolute Gasteiger partial charge is 0.287 e. The third-order valence-corrected chi connectivity index (χ3v) is 4.35. The minimum absolute atomic E-state index is 0.151. The van der Waals surface area contributed by atoms with Crippen LogP contribution in [0.2, 0.25) is 0 Å². The number of rotatable bonds is 5. The highest BCUT2D eigenvalue weighted by Crippen LogP contribution is 2.27.